The second-order valence-electron chi connectivity index (χ2n) is 3.59. The molecule has 92 valence electrons. The third-order valence-electron chi connectivity index (χ3n) is 2.24. The molecule has 0 aliphatic heterocycles. The van der Waals surface area contributed by atoms with Gasteiger partial charge in [0.1, 0.15) is 9.34 Å². The Kier molecular flexibility index (Phi) is 4.60. The number of aryl methyl sites for hydroxylation is 1. The van der Waals surface area contributed by atoms with Crippen molar-refractivity contribution in [3.8, 4) is 0 Å². The minimum Gasteiger partial charge on any atom is -0.304 e. The Morgan fingerprint density at radius 3 is 2.82 bits per heavy atom. The fourth-order valence-electron chi connectivity index (χ4n) is 1.52. The molecule has 0 spiro atoms. The van der Waals surface area contributed by atoms with E-state index in [1.807, 2.05) is 6.92 Å². The molecule has 0 aliphatic rings. The first-order valence-electron chi connectivity index (χ1n) is 5.22. The second kappa shape index (κ2) is 5.80. The average molecular weight is 352 g/mol. The van der Waals surface area contributed by atoms with Crippen LogP contribution in [-0.4, -0.2) is 11.5 Å². The van der Waals surface area contributed by atoms with Gasteiger partial charge in [0.05, 0.1) is 6.04 Å². The van der Waals surface area contributed by atoms with E-state index in [1.165, 1.54) is 4.88 Å². The summed E-state index contributed by atoms with van der Waals surface area (Å²) < 4.78 is 1.74. The van der Waals surface area contributed by atoms with Crippen LogP contribution in [0.15, 0.2) is 15.9 Å². The Labute approximate surface area is 122 Å². The van der Waals surface area contributed by atoms with Crippen LogP contribution in [0.5, 0.6) is 0 Å². The molecule has 0 fully saturated rings. The van der Waals surface area contributed by atoms with Gasteiger partial charge in [-0.15, -0.1) is 22.7 Å². The van der Waals surface area contributed by atoms with Crippen molar-refractivity contribution in [2.24, 2.45) is 0 Å². The normalized spacial score (nSPS) is 12.9. The van der Waals surface area contributed by atoms with E-state index >= 15 is 0 Å². The van der Waals surface area contributed by atoms with Crippen LogP contribution in [0.4, 0.5) is 0 Å². The molecule has 2 aromatic heterocycles. The van der Waals surface area contributed by atoms with Crippen molar-refractivity contribution < 1.29 is 0 Å². The summed E-state index contributed by atoms with van der Waals surface area (Å²) in [6.45, 7) is 5.01. The molecule has 17 heavy (non-hydrogen) atoms. The molecule has 0 saturated carbocycles. The average Bonchev–Trinajstić information content (AvgIpc) is 2.83. The Balaban J connectivity index is 2.34. The lowest BCUT2D eigenvalue weighted by Gasteiger charge is -2.13. The first-order chi connectivity index (χ1) is 8.11. The van der Waals surface area contributed by atoms with Gasteiger partial charge in [-0.1, -0.05) is 18.5 Å². The molecule has 0 aliphatic carbocycles. The molecular formula is C11H12BrClN2S2. The van der Waals surface area contributed by atoms with Gasteiger partial charge in [0.25, 0.3) is 0 Å². The van der Waals surface area contributed by atoms with Crippen LogP contribution in [0.3, 0.4) is 0 Å². The molecule has 1 unspecified atom stereocenters. The molecule has 2 heterocycles. The third kappa shape index (κ3) is 3.09. The van der Waals surface area contributed by atoms with Gasteiger partial charge in [-0.25, -0.2) is 4.98 Å². The van der Waals surface area contributed by atoms with Gasteiger partial charge in [0.2, 0.25) is 0 Å². The highest BCUT2D eigenvalue weighted by molar-refractivity contribution is 9.10. The summed E-state index contributed by atoms with van der Waals surface area (Å²) in [6.07, 6.45) is 0. The highest BCUT2D eigenvalue weighted by Gasteiger charge is 2.19. The lowest BCUT2D eigenvalue weighted by Crippen LogP contribution is -2.20. The summed E-state index contributed by atoms with van der Waals surface area (Å²) in [7, 11) is 0. The summed E-state index contributed by atoms with van der Waals surface area (Å²) in [4.78, 5) is 5.74. The number of thiophene rings is 1. The van der Waals surface area contributed by atoms with E-state index in [9.17, 15) is 0 Å². The summed E-state index contributed by atoms with van der Waals surface area (Å²) in [5.74, 6) is 0. The van der Waals surface area contributed by atoms with Gasteiger partial charge in [-0.3, -0.25) is 0 Å². The molecule has 1 atom stereocenters. The smallest absolute Gasteiger partial charge is 0.115 e. The molecule has 2 rings (SSSR count). The van der Waals surface area contributed by atoms with Crippen LogP contribution < -0.4 is 5.32 Å². The van der Waals surface area contributed by atoms with E-state index in [0.717, 1.165) is 26.1 Å². The number of halogens is 2. The van der Waals surface area contributed by atoms with Crippen molar-refractivity contribution in [2.45, 2.75) is 19.9 Å². The Morgan fingerprint density at radius 1 is 1.59 bits per heavy atom. The zero-order valence-corrected chi connectivity index (χ0v) is 13.4. The van der Waals surface area contributed by atoms with Crippen LogP contribution in [0.25, 0.3) is 0 Å². The van der Waals surface area contributed by atoms with E-state index < -0.39 is 0 Å². The van der Waals surface area contributed by atoms with E-state index in [4.69, 9.17) is 11.6 Å². The molecule has 2 aromatic rings. The molecule has 0 saturated heterocycles. The van der Waals surface area contributed by atoms with Crippen LogP contribution in [0.2, 0.25) is 4.34 Å². The maximum Gasteiger partial charge on any atom is 0.115 e. The second-order valence-corrected chi connectivity index (χ2v) is 7.02. The standard InChI is InChI=1S/C11H12BrClN2S2/c1-3-14-9(11-15-6(2)5-16-11)8-4-7(12)10(13)17-8/h4-5,9,14H,3H2,1-2H3. The predicted molar refractivity (Wildman–Crippen MR) is 79.4 cm³/mol. The van der Waals surface area contributed by atoms with E-state index in [2.05, 4.69) is 44.6 Å². The highest BCUT2D eigenvalue weighted by Crippen LogP contribution is 2.37. The van der Waals surface area contributed by atoms with Crippen molar-refractivity contribution in [2.75, 3.05) is 6.54 Å². The molecule has 1 N–H and O–H groups in total. The number of hydrogen-bond acceptors (Lipinski definition) is 4. The molecule has 0 radical (unpaired) electrons. The summed E-state index contributed by atoms with van der Waals surface area (Å²) in [6, 6.07) is 2.21. The largest absolute Gasteiger partial charge is 0.304 e. The first kappa shape index (κ1) is 13.5. The zero-order valence-electron chi connectivity index (χ0n) is 9.46. The van der Waals surface area contributed by atoms with Gasteiger partial charge in [0, 0.05) is 20.4 Å². The minimum absolute atomic E-state index is 0.146. The van der Waals surface area contributed by atoms with E-state index in [-0.39, 0.29) is 6.04 Å². The van der Waals surface area contributed by atoms with Gasteiger partial charge in [-0.2, -0.15) is 0 Å². The van der Waals surface area contributed by atoms with Gasteiger partial charge >= 0.3 is 0 Å². The molecule has 0 amide bonds. The predicted octanol–water partition coefficient (Wildman–Crippen LogP) is 4.63. The summed E-state index contributed by atoms with van der Waals surface area (Å²) in [5.41, 5.74) is 1.06. The fourth-order valence-corrected chi connectivity index (χ4v) is 4.30. The van der Waals surface area contributed by atoms with Crippen LogP contribution in [0.1, 0.15) is 28.5 Å². The summed E-state index contributed by atoms with van der Waals surface area (Å²) in [5, 5.41) is 6.61. The topological polar surface area (TPSA) is 24.9 Å². The van der Waals surface area contributed by atoms with Gasteiger partial charge in [0.15, 0.2) is 0 Å². The monoisotopic (exact) mass is 350 g/mol. The molecule has 0 bridgehead atoms. The Morgan fingerprint density at radius 2 is 2.35 bits per heavy atom. The molecule has 0 aromatic carbocycles. The molecule has 6 heteroatoms. The van der Waals surface area contributed by atoms with Crippen LogP contribution in [0, 0.1) is 6.92 Å². The number of nitrogens with zero attached hydrogens (tertiary/aromatic N) is 1. The maximum atomic E-state index is 6.09. The van der Waals surface area contributed by atoms with Gasteiger partial charge < -0.3 is 5.32 Å². The van der Waals surface area contributed by atoms with Crippen molar-refractivity contribution in [1.82, 2.24) is 10.3 Å². The fraction of sp³-hybridized carbons (Fsp3) is 0.364. The van der Waals surface area contributed by atoms with E-state index in [1.54, 1.807) is 22.7 Å². The van der Waals surface area contributed by atoms with E-state index in [0.29, 0.717) is 0 Å². The van der Waals surface area contributed by atoms with Crippen molar-refractivity contribution in [3.63, 3.8) is 0 Å². The van der Waals surface area contributed by atoms with Gasteiger partial charge in [-0.05, 0) is 35.5 Å². The maximum absolute atomic E-state index is 6.09. The highest BCUT2D eigenvalue weighted by atomic mass is 79.9. The lowest BCUT2D eigenvalue weighted by atomic mass is 10.2. The Hall–Kier alpha value is 0.0600. The third-order valence-corrected chi connectivity index (χ3v) is 5.81. The Bertz CT molecular complexity index is 490. The number of thiazole rings is 1. The SMILES string of the molecule is CCNC(c1cc(Br)c(Cl)s1)c1nc(C)cs1. The quantitative estimate of drug-likeness (QED) is 0.869. The van der Waals surface area contributed by atoms with Crippen molar-refractivity contribution in [3.05, 3.63) is 35.8 Å². The number of aromatic nitrogens is 1. The van der Waals surface area contributed by atoms with Crippen LogP contribution in [-0.2, 0) is 0 Å². The number of nitrogens with one attached hydrogen (secondary N) is 1. The van der Waals surface area contributed by atoms with Crippen molar-refractivity contribution in [1.29, 1.82) is 0 Å². The number of rotatable bonds is 4. The first-order valence-corrected chi connectivity index (χ1v) is 8.08. The zero-order chi connectivity index (χ0) is 12.4. The number of hydrogen-bond donors (Lipinski definition) is 1. The minimum atomic E-state index is 0.146. The molecular weight excluding hydrogens is 340 g/mol. The lowest BCUT2D eigenvalue weighted by molar-refractivity contribution is 0.635. The summed E-state index contributed by atoms with van der Waals surface area (Å²) >= 11 is 12.8. The van der Waals surface area contributed by atoms with Crippen molar-refractivity contribution >= 4 is 50.2 Å². The molecule has 2 nitrogen and oxygen atoms in total. The van der Waals surface area contributed by atoms with Crippen LogP contribution >= 0.6 is 50.2 Å².